The molecule has 0 saturated heterocycles. The summed E-state index contributed by atoms with van der Waals surface area (Å²) in [5.41, 5.74) is -0.863. The van der Waals surface area contributed by atoms with Gasteiger partial charge in [0.1, 0.15) is 28.0 Å². The van der Waals surface area contributed by atoms with Crippen molar-refractivity contribution in [3.63, 3.8) is 0 Å². The van der Waals surface area contributed by atoms with E-state index in [9.17, 15) is 24.9 Å². The maximum absolute atomic E-state index is 13.2. The molecule has 0 saturated carbocycles. The molecule has 1 aliphatic rings. The van der Waals surface area contributed by atoms with E-state index in [1.165, 1.54) is 20.3 Å². The number of benzene rings is 2. The standard InChI is InChI=1S/C22H23ClO7/c1-4-5-6-7-13(29-2)17-12(24)8-10-15(21(17)27)20(26)16-11(19(10)25)9-14(30-3)18(23)22(16)28/h8-9,13,24,27-28H,4-7H2,1-3H3/t13-/m0/s1. The van der Waals surface area contributed by atoms with Gasteiger partial charge in [0, 0.05) is 18.2 Å². The van der Waals surface area contributed by atoms with E-state index in [1.54, 1.807) is 0 Å². The molecule has 3 rings (SSSR count). The Morgan fingerprint density at radius 2 is 1.60 bits per heavy atom. The Bertz CT molecular complexity index is 1030. The number of rotatable bonds is 7. The predicted octanol–water partition coefficient (Wildman–Crippen LogP) is 4.51. The van der Waals surface area contributed by atoms with E-state index in [-0.39, 0.29) is 44.3 Å². The van der Waals surface area contributed by atoms with Crippen molar-refractivity contribution in [2.24, 2.45) is 0 Å². The molecule has 0 aliphatic heterocycles. The van der Waals surface area contributed by atoms with E-state index in [2.05, 4.69) is 0 Å². The van der Waals surface area contributed by atoms with E-state index >= 15 is 0 Å². The van der Waals surface area contributed by atoms with Crippen LogP contribution in [0.15, 0.2) is 12.1 Å². The normalized spacial score (nSPS) is 13.7. The maximum atomic E-state index is 13.2. The van der Waals surface area contributed by atoms with Crippen LogP contribution in [0.5, 0.6) is 23.0 Å². The lowest BCUT2D eigenvalue weighted by atomic mass is 9.81. The third-order valence-electron chi connectivity index (χ3n) is 5.36. The van der Waals surface area contributed by atoms with E-state index < -0.39 is 29.2 Å². The first-order valence-electron chi connectivity index (χ1n) is 9.58. The number of carbonyl (C=O) groups excluding carboxylic acids is 2. The molecule has 0 bridgehead atoms. The molecular weight excluding hydrogens is 412 g/mol. The van der Waals surface area contributed by atoms with Gasteiger partial charge in [-0.05, 0) is 18.6 Å². The molecule has 2 aromatic carbocycles. The molecule has 0 radical (unpaired) electrons. The first-order chi connectivity index (χ1) is 14.3. The number of hydrogen-bond acceptors (Lipinski definition) is 7. The zero-order chi connectivity index (χ0) is 22.2. The van der Waals surface area contributed by atoms with Crippen molar-refractivity contribution in [2.75, 3.05) is 14.2 Å². The van der Waals surface area contributed by atoms with Crippen molar-refractivity contribution in [1.82, 2.24) is 0 Å². The van der Waals surface area contributed by atoms with Crippen LogP contribution in [0.3, 0.4) is 0 Å². The zero-order valence-corrected chi connectivity index (χ0v) is 17.7. The quantitative estimate of drug-likeness (QED) is 0.469. The van der Waals surface area contributed by atoms with Gasteiger partial charge >= 0.3 is 0 Å². The Kier molecular flexibility index (Phi) is 6.24. The summed E-state index contributed by atoms with van der Waals surface area (Å²) < 4.78 is 10.5. The van der Waals surface area contributed by atoms with Crippen molar-refractivity contribution in [3.05, 3.63) is 45.0 Å². The highest BCUT2D eigenvalue weighted by molar-refractivity contribution is 6.37. The number of fused-ring (bicyclic) bond motifs is 2. The van der Waals surface area contributed by atoms with Gasteiger partial charge in [-0.2, -0.15) is 0 Å². The van der Waals surface area contributed by atoms with Crippen LogP contribution in [0, 0.1) is 0 Å². The van der Waals surface area contributed by atoms with Gasteiger partial charge in [-0.25, -0.2) is 0 Å². The van der Waals surface area contributed by atoms with Gasteiger partial charge in [-0.1, -0.05) is 37.8 Å². The number of phenols is 3. The van der Waals surface area contributed by atoms with Crippen LogP contribution in [0.2, 0.25) is 5.02 Å². The third-order valence-corrected chi connectivity index (χ3v) is 5.73. The molecule has 0 aromatic heterocycles. The van der Waals surface area contributed by atoms with Crippen LogP contribution >= 0.6 is 11.6 Å². The number of ether oxygens (including phenoxy) is 2. The van der Waals surface area contributed by atoms with Crippen molar-refractivity contribution in [1.29, 1.82) is 0 Å². The second kappa shape index (κ2) is 8.53. The summed E-state index contributed by atoms with van der Waals surface area (Å²) in [7, 11) is 2.75. The van der Waals surface area contributed by atoms with Crippen LogP contribution in [0.25, 0.3) is 0 Å². The molecule has 2 aromatic rings. The minimum absolute atomic E-state index is 0.0259. The number of unbranched alkanes of at least 4 members (excludes halogenated alkanes) is 2. The second-order valence-electron chi connectivity index (χ2n) is 7.12. The van der Waals surface area contributed by atoms with Crippen LogP contribution in [0.4, 0.5) is 0 Å². The average Bonchev–Trinajstić information content (AvgIpc) is 2.72. The number of methoxy groups -OCH3 is 2. The smallest absolute Gasteiger partial charge is 0.202 e. The minimum atomic E-state index is -0.774. The molecule has 8 heteroatoms. The summed E-state index contributed by atoms with van der Waals surface area (Å²) in [6, 6.07) is 2.41. The molecule has 0 amide bonds. The molecule has 0 unspecified atom stereocenters. The summed E-state index contributed by atoms with van der Waals surface area (Å²) in [5.74, 6) is -2.88. The van der Waals surface area contributed by atoms with Crippen molar-refractivity contribution in [2.45, 2.75) is 38.7 Å². The number of hydrogen-bond donors (Lipinski definition) is 3. The number of halogens is 1. The molecule has 1 atom stereocenters. The van der Waals surface area contributed by atoms with E-state index in [1.807, 2.05) is 6.92 Å². The van der Waals surface area contributed by atoms with Gasteiger partial charge in [0.25, 0.3) is 0 Å². The predicted molar refractivity (Wildman–Crippen MR) is 110 cm³/mol. The Morgan fingerprint density at radius 3 is 2.20 bits per heavy atom. The van der Waals surface area contributed by atoms with Crippen LogP contribution in [0.1, 0.15) is 76.1 Å². The summed E-state index contributed by atoms with van der Waals surface area (Å²) >= 11 is 6.05. The second-order valence-corrected chi connectivity index (χ2v) is 7.50. The molecule has 160 valence electrons. The number of aromatic hydroxyl groups is 3. The van der Waals surface area contributed by atoms with E-state index in [0.29, 0.717) is 6.42 Å². The van der Waals surface area contributed by atoms with Gasteiger partial charge in [0.2, 0.25) is 5.78 Å². The Labute approximate surface area is 178 Å². The van der Waals surface area contributed by atoms with Crippen LogP contribution in [-0.4, -0.2) is 41.1 Å². The van der Waals surface area contributed by atoms with Gasteiger partial charge < -0.3 is 24.8 Å². The lowest BCUT2D eigenvalue weighted by Gasteiger charge is -2.25. The molecule has 0 fully saturated rings. The van der Waals surface area contributed by atoms with E-state index in [4.69, 9.17) is 21.1 Å². The van der Waals surface area contributed by atoms with Gasteiger partial charge in [0.05, 0.1) is 29.9 Å². The summed E-state index contributed by atoms with van der Waals surface area (Å²) in [5, 5.41) is 31.7. The fraction of sp³-hybridized carbons (Fsp3) is 0.364. The van der Waals surface area contributed by atoms with Gasteiger partial charge in [-0.3, -0.25) is 9.59 Å². The maximum Gasteiger partial charge on any atom is 0.202 e. The van der Waals surface area contributed by atoms with Crippen LogP contribution in [-0.2, 0) is 4.74 Å². The lowest BCUT2D eigenvalue weighted by molar-refractivity contribution is 0.0877. The highest BCUT2D eigenvalue weighted by atomic mass is 35.5. The monoisotopic (exact) mass is 434 g/mol. The summed E-state index contributed by atoms with van der Waals surface area (Å²) in [6.07, 6.45) is 2.55. The van der Waals surface area contributed by atoms with Gasteiger partial charge in [0.15, 0.2) is 5.78 Å². The molecule has 30 heavy (non-hydrogen) atoms. The van der Waals surface area contributed by atoms with Crippen molar-refractivity contribution >= 4 is 23.2 Å². The number of ketones is 2. The summed E-state index contributed by atoms with van der Waals surface area (Å²) in [6.45, 7) is 2.05. The SMILES string of the molecule is CCCCC[C@H](OC)c1c(O)cc2c(c1O)C(=O)c1c(cc(OC)c(Cl)c1O)C2=O. The highest BCUT2D eigenvalue weighted by Crippen LogP contribution is 2.48. The number of carbonyl (C=O) groups is 2. The Balaban J connectivity index is 2.20. The zero-order valence-electron chi connectivity index (χ0n) is 16.9. The first-order valence-corrected chi connectivity index (χ1v) is 9.96. The lowest BCUT2D eigenvalue weighted by Crippen LogP contribution is -2.22. The van der Waals surface area contributed by atoms with Crippen LogP contribution < -0.4 is 4.74 Å². The molecule has 0 spiro atoms. The topological polar surface area (TPSA) is 113 Å². The van der Waals surface area contributed by atoms with Crippen molar-refractivity contribution < 1.29 is 34.4 Å². The molecule has 0 heterocycles. The summed E-state index contributed by atoms with van der Waals surface area (Å²) in [4.78, 5) is 26.2. The largest absolute Gasteiger partial charge is 0.507 e. The minimum Gasteiger partial charge on any atom is -0.507 e. The van der Waals surface area contributed by atoms with Crippen molar-refractivity contribution in [3.8, 4) is 23.0 Å². The third kappa shape index (κ3) is 3.38. The fourth-order valence-corrected chi connectivity index (χ4v) is 4.03. The molecule has 1 aliphatic carbocycles. The molecule has 3 N–H and O–H groups in total. The van der Waals surface area contributed by atoms with Gasteiger partial charge in [-0.15, -0.1) is 0 Å². The Morgan fingerprint density at radius 1 is 0.967 bits per heavy atom. The first kappa shape index (κ1) is 21.9. The molecule has 7 nitrogen and oxygen atoms in total. The highest BCUT2D eigenvalue weighted by Gasteiger charge is 2.39. The van der Waals surface area contributed by atoms with E-state index in [0.717, 1.165) is 25.3 Å². The molecular formula is C22H23ClO7. The number of phenolic OH excluding ortho intramolecular Hbond substituents is 3. The fourth-order valence-electron chi connectivity index (χ4n) is 3.80. The average molecular weight is 435 g/mol. The Hall–Kier alpha value is -2.77.